The minimum absolute atomic E-state index is 0.272. The Bertz CT molecular complexity index is 179. The molecule has 2 unspecified atom stereocenters. The zero-order chi connectivity index (χ0) is 9.72. The number of carboxylic acids is 1. The Hall–Kier alpha value is -1.06. The van der Waals surface area contributed by atoms with Gasteiger partial charge >= 0.3 is 0 Å². The molecule has 0 aromatic rings. The van der Waals surface area contributed by atoms with Crippen molar-refractivity contribution in [1.82, 2.24) is 0 Å². The maximum atomic E-state index is 10.7. The molecule has 2 N–H and O–H groups in total. The van der Waals surface area contributed by atoms with Crippen LogP contribution in [0.1, 0.15) is 26.7 Å². The number of primary amides is 1. The lowest BCUT2D eigenvalue weighted by Crippen LogP contribution is -2.33. The summed E-state index contributed by atoms with van der Waals surface area (Å²) < 4.78 is 0. The van der Waals surface area contributed by atoms with Gasteiger partial charge in [0.25, 0.3) is 0 Å². The average molecular weight is 172 g/mol. The van der Waals surface area contributed by atoms with Crippen molar-refractivity contribution in [3.05, 3.63) is 0 Å². The molecule has 0 fully saturated rings. The molecule has 4 nitrogen and oxygen atoms in total. The van der Waals surface area contributed by atoms with Crippen molar-refractivity contribution in [2.75, 3.05) is 0 Å². The topological polar surface area (TPSA) is 83.2 Å². The Morgan fingerprint density at radius 2 is 2.00 bits per heavy atom. The molecule has 12 heavy (non-hydrogen) atoms. The average Bonchev–Trinajstić information content (AvgIpc) is 1.98. The molecule has 0 aromatic heterocycles. The number of carboxylic acid groups (broad SMARTS) is 1. The third-order valence-electron chi connectivity index (χ3n) is 1.94. The van der Waals surface area contributed by atoms with Gasteiger partial charge in [0.05, 0.1) is 0 Å². The standard InChI is InChI=1S/C8H15NO3/c1-3-6(7(9)10)4-5(2)8(11)12/h5-6H,3-4H2,1-2H3,(H2,9,10)(H,11,12)/p-1. The van der Waals surface area contributed by atoms with Crippen LogP contribution in [0.5, 0.6) is 0 Å². The van der Waals surface area contributed by atoms with Gasteiger partial charge in [-0.3, -0.25) is 4.79 Å². The molecule has 0 aliphatic carbocycles. The van der Waals surface area contributed by atoms with E-state index >= 15 is 0 Å². The number of hydrogen-bond donors (Lipinski definition) is 1. The zero-order valence-electron chi connectivity index (χ0n) is 7.37. The van der Waals surface area contributed by atoms with Crippen LogP contribution >= 0.6 is 0 Å². The lowest BCUT2D eigenvalue weighted by Gasteiger charge is -2.17. The Kier molecular flexibility index (Phi) is 4.33. The van der Waals surface area contributed by atoms with E-state index in [1.165, 1.54) is 6.92 Å². The maximum absolute atomic E-state index is 10.7. The summed E-state index contributed by atoms with van der Waals surface area (Å²) in [6.45, 7) is 3.32. The van der Waals surface area contributed by atoms with Gasteiger partial charge in [-0.25, -0.2) is 0 Å². The summed E-state index contributed by atoms with van der Waals surface area (Å²) in [5, 5.41) is 10.3. The molecule has 4 heteroatoms. The van der Waals surface area contributed by atoms with Crippen LogP contribution in [0.25, 0.3) is 0 Å². The summed E-state index contributed by atoms with van der Waals surface area (Å²) in [5.41, 5.74) is 5.04. The molecule has 70 valence electrons. The molecule has 0 radical (unpaired) electrons. The summed E-state index contributed by atoms with van der Waals surface area (Å²) >= 11 is 0. The molecule has 0 bridgehead atoms. The van der Waals surface area contributed by atoms with Crippen LogP contribution in [-0.2, 0) is 9.59 Å². The molecular weight excluding hydrogens is 158 g/mol. The minimum Gasteiger partial charge on any atom is -0.550 e. The summed E-state index contributed by atoms with van der Waals surface area (Å²) in [4.78, 5) is 21.0. The molecular formula is C8H14NO3-. The van der Waals surface area contributed by atoms with Crippen molar-refractivity contribution in [1.29, 1.82) is 0 Å². The van der Waals surface area contributed by atoms with Gasteiger partial charge in [-0.2, -0.15) is 0 Å². The van der Waals surface area contributed by atoms with Crippen LogP contribution in [0.2, 0.25) is 0 Å². The maximum Gasteiger partial charge on any atom is 0.220 e. The van der Waals surface area contributed by atoms with Gasteiger partial charge in [-0.1, -0.05) is 13.8 Å². The molecule has 0 aliphatic rings. The highest BCUT2D eigenvalue weighted by molar-refractivity contribution is 5.77. The fourth-order valence-electron chi connectivity index (χ4n) is 1.01. The van der Waals surface area contributed by atoms with Crippen LogP contribution in [0, 0.1) is 11.8 Å². The van der Waals surface area contributed by atoms with E-state index in [0.29, 0.717) is 6.42 Å². The van der Waals surface area contributed by atoms with Crippen molar-refractivity contribution in [2.45, 2.75) is 26.7 Å². The highest BCUT2D eigenvalue weighted by atomic mass is 16.4. The van der Waals surface area contributed by atoms with Crippen LogP contribution in [0.3, 0.4) is 0 Å². The Morgan fingerprint density at radius 3 is 2.25 bits per heavy atom. The summed E-state index contributed by atoms with van der Waals surface area (Å²) in [6.07, 6.45) is 0.848. The van der Waals surface area contributed by atoms with Crippen LogP contribution in [0.15, 0.2) is 0 Å². The van der Waals surface area contributed by atoms with Crippen molar-refractivity contribution in [3.8, 4) is 0 Å². The highest BCUT2D eigenvalue weighted by Crippen LogP contribution is 2.14. The van der Waals surface area contributed by atoms with Gasteiger partial charge in [-0.15, -0.1) is 0 Å². The Balaban J connectivity index is 4.02. The largest absolute Gasteiger partial charge is 0.550 e. The molecule has 0 aliphatic heterocycles. The first-order valence-electron chi connectivity index (χ1n) is 3.99. The second kappa shape index (κ2) is 4.74. The number of hydrogen-bond acceptors (Lipinski definition) is 3. The number of carbonyl (C=O) groups is 2. The smallest absolute Gasteiger partial charge is 0.220 e. The normalized spacial score (nSPS) is 15.2. The lowest BCUT2D eigenvalue weighted by molar-refractivity contribution is -0.311. The fourth-order valence-corrected chi connectivity index (χ4v) is 1.01. The van der Waals surface area contributed by atoms with Gasteiger partial charge < -0.3 is 15.6 Å². The molecule has 0 saturated carbocycles. The van der Waals surface area contributed by atoms with E-state index in [9.17, 15) is 14.7 Å². The van der Waals surface area contributed by atoms with E-state index in [1.54, 1.807) is 6.92 Å². The van der Waals surface area contributed by atoms with E-state index < -0.39 is 17.8 Å². The monoisotopic (exact) mass is 172 g/mol. The highest BCUT2D eigenvalue weighted by Gasteiger charge is 2.16. The van der Waals surface area contributed by atoms with Gasteiger partial charge in [0, 0.05) is 11.9 Å². The minimum atomic E-state index is -1.13. The van der Waals surface area contributed by atoms with E-state index in [0.717, 1.165) is 0 Å². The second-order valence-electron chi connectivity index (χ2n) is 2.96. The summed E-state index contributed by atoms with van der Waals surface area (Å²) in [6, 6.07) is 0. The van der Waals surface area contributed by atoms with Crippen molar-refractivity contribution in [2.24, 2.45) is 17.6 Å². The number of nitrogens with two attached hydrogens (primary N) is 1. The van der Waals surface area contributed by atoms with Crippen molar-refractivity contribution >= 4 is 11.9 Å². The number of rotatable bonds is 5. The van der Waals surface area contributed by atoms with Gasteiger partial charge in [0.2, 0.25) is 5.91 Å². The molecule has 0 heterocycles. The SMILES string of the molecule is CCC(CC(C)C(=O)[O-])C(N)=O. The number of amides is 1. The van der Waals surface area contributed by atoms with E-state index in [-0.39, 0.29) is 12.3 Å². The molecule has 1 amide bonds. The van der Waals surface area contributed by atoms with E-state index in [2.05, 4.69) is 0 Å². The molecule has 0 aromatic carbocycles. The lowest BCUT2D eigenvalue weighted by atomic mass is 9.93. The first-order valence-corrected chi connectivity index (χ1v) is 3.99. The molecule has 0 rings (SSSR count). The van der Waals surface area contributed by atoms with Crippen molar-refractivity contribution < 1.29 is 14.7 Å². The Morgan fingerprint density at radius 1 is 1.50 bits per heavy atom. The van der Waals surface area contributed by atoms with E-state index in [1.807, 2.05) is 0 Å². The molecule has 2 atom stereocenters. The number of aliphatic carboxylic acids is 1. The first-order chi connectivity index (χ1) is 5.49. The van der Waals surface area contributed by atoms with Gasteiger partial charge in [0.15, 0.2) is 0 Å². The first kappa shape index (κ1) is 10.9. The van der Waals surface area contributed by atoms with Crippen LogP contribution < -0.4 is 10.8 Å². The van der Waals surface area contributed by atoms with E-state index in [4.69, 9.17) is 5.73 Å². The second-order valence-corrected chi connectivity index (χ2v) is 2.96. The summed E-state index contributed by atoms with van der Waals surface area (Å²) in [5.74, 6) is -2.53. The zero-order valence-corrected chi connectivity index (χ0v) is 7.37. The third kappa shape index (κ3) is 3.37. The van der Waals surface area contributed by atoms with Gasteiger partial charge in [0.1, 0.15) is 0 Å². The van der Waals surface area contributed by atoms with Gasteiger partial charge in [-0.05, 0) is 18.8 Å². The molecule has 0 saturated heterocycles. The predicted octanol–water partition coefficient (Wildman–Crippen LogP) is -0.726. The number of carbonyl (C=O) groups excluding carboxylic acids is 2. The fraction of sp³-hybridized carbons (Fsp3) is 0.750. The quantitative estimate of drug-likeness (QED) is 0.593. The Labute approximate surface area is 71.8 Å². The van der Waals surface area contributed by atoms with Crippen molar-refractivity contribution in [3.63, 3.8) is 0 Å². The predicted molar refractivity (Wildman–Crippen MR) is 41.8 cm³/mol. The third-order valence-corrected chi connectivity index (χ3v) is 1.94. The van der Waals surface area contributed by atoms with Crippen LogP contribution in [0.4, 0.5) is 0 Å². The molecule has 0 spiro atoms. The summed E-state index contributed by atoms with van der Waals surface area (Å²) in [7, 11) is 0. The van der Waals surface area contributed by atoms with Crippen LogP contribution in [-0.4, -0.2) is 11.9 Å².